The normalized spacial score (nSPS) is 12.0. The summed E-state index contributed by atoms with van der Waals surface area (Å²) < 4.78 is 0. The zero-order chi connectivity index (χ0) is 17.6. The van der Waals surface area contributed by atoms with Crippen LogP contribution in [0.3, 0.4) is 0 Å². The van der Waals surface area contributed by atoms with Crippen LogP contribution in [0.25, 0.3) is 0 Å². The summed E-state index contributed by atoms with van der Waals surface area (Å²) in [5.41, 5.74) is 0.648. The molecule has 0 fully saturated rings. The van der Waals surface area contributed by atoms with E-state index in [1.54, 1.807) is 24.3 Å². The van der Waals surface area contributed by atoms with E-state index in [-0.39, 0.29) is 5.75 Å². The molecule has 1 unspecified atom stereocenters. The Morgan fingerprint density at radius 1 is 1.00 bits per heavy atom. The largest absolute Gasteiger partial charge is 0.508 e. The lowest BCUT2D eigenvalue weighted by Crippen LogP contribution is -2.29. The van der Waals surface area contributed by atoms with E-state index in [4.69, 9.17) is 0 Å². The van der Waals surface area contributed by atoms with Crippen LogP contribution in [0.5, 0.6) is 5.75 Å². The Morgan fingerprint density at radius 3 is 2.12 bits per heavy atom. The molecule has 1 aromatic carbocycles. The molecule has 0 aromatic heterocycles. The fraction of sp³-hybridized carbons (Fsp3) is 0.650. The van der Waals surface area contributed by atoms with Gasteiger partial charge in [0.1, 0.15) is 11.8 Å². The van der Waals surface area contributed by atoms with E-state index in [1.165, 1.54) is 51.4 Å². The van der Waals surface area contributed by atoms with Gasteiger partial charge in [-0.1, -0.05) is 77.2 Å². The van der Waals surface area contributed by atoms with Crippen LogP contribution in [0, 0.1) is 0 Å². The molecule has 0 radical (unpaired) electrons. The summed E-state index contributed by atoms with van der Waals surface area (Å²) in [5.74, 6) is -0.697. The predicted molar refractivity (Wildman–Crippen MR) is 99.6 cm³/mol. The zero-order valence-corrected chi connectivity index (χ0v) is 15.0. The minimum Gasteiger partial charge on any atom is -0.508 e. The van der Waals surface area contributed by atoms with Gasteiger partial charge in [-0.2, -0.15) is 0 Å². The Balaban J connectivity index is 2.13. The first-order chi connectivity index (χ1) is 11.6. The Labute approximate surface area is 146 Å². The molecule has 0 bridgehead atoms. The highest BCUT2D eigenvalue weighted by Gasteiger charge is 2.16. The Bertz CT molecular complexity index is 462. The number of rotatable bonds is 14. The van der Waals surface area contributed by atoms with E-state index in [0.717, 1.165) is 12.8 Å². The Morgan fingerprint density at radius 2 is 1.58 bits per heavy atom. The molecule has 4 nitrogen and oxygen atoms in total. The third kappa shape index (κ3) is 9.43. The number of aromatic hydroxyl groups is 1. The van der Waals surface area contributed by atoms with Crippen LogP contribution >= 0.6 is 0 Å². The summed E-state index contributed by atoms with van der Waals surface area (Å²) in [6, 6.07) is 6.00. The number of phenolic OH excluding ortho intramolecular Hbond substituents is 1. The van der Waals surface area contributed by atoms with Gasteiger partial charge < -0.3 is 15.5 Å². The molecule has 3 N–H and O–H groups in total. The van der Waals surface area contributed by atoms with E-state index >= 15 is 0 Å². The Kier molecular flexibility index (Phi) is 10.7. The van der Waals surface area contributed by atoms with Crippen molar-refractivity contribution < 1.29 is 15.0 Å². The molecule has 0 heterocycles. The van der Waals surface area contributed by atoms with Crippen molar-refractivity contribution in [2.45, 2.75) is 83.6 Å². The fourth-order valence-corrected chi connectivity index (χ4v) is 2.89. The average Bonchev–Trinajstić information content (AvgIpc) is 2.55. The number of anilines is 1. The molecule has 0 amide bonds. The number of benzene rings is 1. The van der Waals surface area contributed by atoms with Crippen LogP contribution in [-0.4, -0.2) is 22.2 Å². The standard InChI is InChI=1S/C20H33NO3/c1-2-3-4-5-6-7-8-9-10-11-15-19(20(23)24)21-17-13-12-14-18(22)16-17/h12-14,16,19,21-22H,2-11,15H2,1H3,(H,23,24). The topological polar surface area (TPSA) is 69.6 Å². The maximum absolute atomic E-state index is 11.4. The van der Waals surface area contributed by atoms with E-state index in [1.807, 2.05) is 0 Å². The number of hydrogen-bond donors (Lipinski definition) is 3. The Hall–Kier alpha value is -1.71. The highest BCUT2D eigenvalue weighted by atomic mass is 16.4. The molecule has 24 heavy (non-hydrogen) atoms. The highest BCUT2D eigenvalue weighted by Crippen LogP contribution is 2.18. The third-order valence-corrected chi connectivity index (χ3v) is 4.33. The summed E-state index contributed by atoms with van der Waals surface area (Å²) in [6.07, 6.45) is 13.0. The second-order valence-electron chi connectivity index (χ2n) is 6.56. The van der Waals surface area contributed by atoms with E-state index < -0.39 is 12.0 Å². The molecule has 136 valence electrons. The van der Waals surface area contributed by atoms with Gasteiger partial charge in [-0.25, -0.2) is 4.79 Å². The number of hydrogen-bond acceptors (Lipinski definition) is 3. The van der Waals surface area contributed by atoms with Gasteiger partial charge in [0.25, 0.3) is 0 Å². The third-order valence-electron chi connectivity index (χ3n) is 4.33. The molecule has 4 heteroatoms. The van der Waals surface area contributed by atoms with Crippen molar-refractivity contribution in [1.29, 1.82) is 0 Å². The molecule has 0 aliphatic heterocycles. The van der Waals surface area contributed by atoms with Crippen LogP contribution in [0.4, 0.5) is 5.69 Å². The molecule has 0 spiro atoms. The van der Waals surface area contributed by atoms with Gasteiger partial charge in [-0.05, 0) is 18.6 Å². The van der Waals surface area contributed by atoms with E-state index in [2.05, 4.69) is 12.2 Å². The van der Waals surface area contributed by atoms with Crippen molar-refractivity contribution in [3.8, 4) is 5.75 Å². The molecule has 0 aliphatic carbocycles. The summed E-state index contributed by atoms with van der Waals surface area (Å²) in [5, 5.41) is 21.8. The van der Waals surface area contributed by atoms with E-state index in [0.29, 0.717) is 12.1 Å². The zero-order valence-electron chi connectivity index (χ0n) is 15.0. The predicted octanol–water partition coefficient (Wildman–Crippen LogP) is 5.57. The van der Waals surface area contributed by atoms with Crippen molar-refractivity contribution >= 4 is 11.7 Å². The van der Waals surface area contributed by atoms with Crippen molar-refractivity contribution in [3.05, 3.63) is 24.3 Å². The van der Waals surface area contributed by atoms with Crippen molar-refractivity contribution in [2.24, 2.45) is 0 Å². The smallest absolute Gasteiger partial charge is 0.326 e. The lowest BCUT2D eigenvalue weighted by Gasteiger charge is -2.15. The minimum atomic E-state index is -0.839. The lowest BCUT2D eigenvalue weighted by atomic mass is 10.0. The number of carboxylic acids is 1. The van der Waals surface area contributed by atoms with Gasteiger partial charge in [0.05, 0.1) is 0 Å². The first kappa shape index (κ1) is 20.3. The number of phenols is 1. The number of carbonyl (C=O) groups is 1. The van der Waals surface area contributed by atoms with Crippen LogP contribution in [0.1, 0.15) is 77.6 Å². The van der Waals surface area contributed by atoms with Gasteiger partial charge in [0.15, 0.2) is 0 Å². The molecule has 1 aromatic rings. The maximum Gasteiger partial charge on any atom is 0.326 e. The van der Waals surface area contributed by atoms with Gasteiger partial charge in [-0.15, -0.1) is 0 Å². The summed E-state index contributed by atoms with van der Waals surface area (Å²) >= 11 is 0. The van der Waals surface area contributed by atoms with Crippen LogP contribution in [-0.2, 0) is 4.79 Å². The first-order valence-electron chi connectivity index (χ1n) is 9.42. The lowest BCUT2D eigenvalue weighted by molar-refractivity contribution is -0.138. The number of nitrogens with one attached hydrogen (secondary N) is 1. The first-order valence-corrected chi connectivity index (χ1v) is 9.42. The highest BCUT2D eigenvalue weighted by molar-refractivity contribution is 5.77. The van der Waals surface area contributed by atoms with Crippen molar-refractivity contribution in [1.82, 2.24) is 0 Å². The van der Waals surface area contributed by atoms with Gasteiger partial charge in [0, 0.05) is 11.8 Å². The number of unbranched alkanes of at least 4 members (excludes halogenated alkanes) is 9. The second-order valence-corrected chi connectivity index (χ2v) is 6.56. The second kappa shape index (κ2) is 12.7. The SMILES string of the molecule is CCCCCCCCCCCCC(Nc1cccc(O)c1)C(=O)O. The number of aliphatic carboxylic acids is 1. The van der Waals surface area contributed by atoms with Gasteiger partial charge >= 0.3 is 5.97 Å². The summed E-state index contributed by atoms with van der Waals surface area (Å²) in [4.78, 5) is 11.4. The van der Waals surface area contributed by atoms with Crippen LogP contribution < -0.4 is 5.32 Å². The minimum absolute atomic E-state index is 0.142. The quantitative estimate of drug-likeness (QED) is 0.389. The van der Waals surface area contributed by atoms with Gasteiger partial charge in [-0.3, -0.25) is 0 Å². The number of carboxylic acid groups (broad SMARTS) is 1. The molecule has 0 saturated carbocycles. The molecular weight excluding hydrogens is 302 g/mol. The summed E-state index contributed by atoms with van der Waals surface area (Å²) in [6.45, 7) is 2.24. The van der Waals surface area contributed by atoms with Crippen LogP contribution in [0.15, 0.2) is 24.3 Å². The van der Waals surface area contributed by atoms with E-state index in [9.17, 15) is 15.0 Å². The van der Waals surface area contributed by atoms with Crippen molar-refractivity contribution in [3.63, 3.8) is 0 Å². The summed E-state index contributed by atoms with van der Waals surface area (Å²) in [7, 11) is 0. The molecule has 0 aliphatic rings. The monoisotopic (exact) mass is 335 g/mol. The fourth-order valence-electron chi connectivity index (χ4n) is 2.89. The molecule has 1 rings (SSSR count). The molecule has 0 saturated heterocycles. The maximum atomic E-state index is 11.4. The van der Waals surface area contributed by atoms with Crippen LogP contribution in [0.2, 0.25) is 0 Å². The van der Waals surface area contributed by atoms with Gasteiger partial charge in [0.2, 0.25) is 0 Å². The molecule has 1 atom stereocenters. The average molecular weight is 335 g/mol. The van der Waals surface area contributed by atoms with Crippen molar-refractivity contribution in [2.75, 3.05) is 5.32 Å². The molecular formula is C20H33NO3.